The van der Waals surface area contributed by atoms with E-state index in [0.717, 1.165) is 0 Å². The molecule has 2 aromatic rings. The van der Waals surface area contributed by atoms with Gasteiger partial charge in [0.1, 0.15) is 18.0 Å². The molecule has 0 aliphatic carbocycles. The van der Waals surface area contributed by atoms with Crippen molar-refractivity contribution in [3.8, 4) is 0 Å². The predicted octanol–water partition coefficient (Wildman–Crippen LogP) is 3.65. The van der Waals surface area contributed by atoms with E-state index in [9.17, 15) is 0 Å². The maximum absolute atomic E-state index is 16.0. The van der Waals surface area contributed by atoms with Gasteiger partial charge < -0.3 is 19.2 Å². The van der Waals surface area contributed by atoms with Crippen LogP contribution in [0.25, 0.3) is 11.2 Å². The Morgan fingerprint density at radius 3 is 2.53 bits per heavy atom. The molecular formula is C20H33FN5O3Si. The normalized spacial score (nSPS) is 27.1. The fourth-order valence-electron chi connectivity index (χ4n) is 4.27. The lowest BCUT2D eigenvalue weighted by Crippen LogP contribution is -2.43. The summed E-state index contributed by atoms with van der Waals surface area (Å²) in [6, 6.07) is 0. The molecule has 3 heterocycles. The molecule has 30 heavy (non-hydrogen) atoms. The number of anilines is 1. The predicted molar refractivity (Wildman–Crippen MR) is 116 cm³/mol. The number of aryl methyl sites for hydroxylation is 1. The number of methoxy groups -OCH3 is 1. The van der Waals surface area contributed by atoms with Crippen LogP contribution in [0.2, 0.25) is 11.1 Å². The Morgan fingerprint density at radius 2 is 1.97 bits per heavy atom. The summed E-state index contributed by atoms with van der Waals surface area (Å²) in [4.78, 5) is 13.2. The number of nitrogens with zero attached hydrogens (tertiary/aromatic N) is 4. The van der Waals surface area contributed by atoms with Crippen LogP contribution in [0, 0.1) is 6.92 Å². The second-order valence-corrected chi connectivity index (χ2v) is 12.0. The summed E-state index contributed by atoms with van der Waals surface area (Å²) in [6.07, 6.45) is -0.685. The number of rotatable bonds is 8. The third-order valence-corrected chi connectivity index (χ3v) is 8.29. The molecule has 1 fully saturated rings. The first-order chi connectivity index (χ1) is 14.1. The zero-order valence-corrected chi connectivity index (χ0v) is 20.1. The molecule has 8 nitrogen and oxygen atoms in total. The summed E-state index contributed by atoms with van der Waals surface area (Å²) >= 11 is 0. The van der Waals surface area contributed by atoms with Crippen LogP contribution in [0.1, 0.15) is 46.7 Å². The summed E-state index contributed by atoms with van der Waals surface area (Å²) in [5.74, 6) is 1.16. The van der Waals surface area contributed by atoms with Gasteiger partial charge in [-0.1, -0.05) is 27.7 Å². The maximum Gasteiger partial charge on any atom is 0.216 e. The monoisotopic (exact) mass is 438 g/mol. The highest BCUT2D eigenvalue weighted by Gasteiger charge is 2.56. The van der Waals surface area contributed by atoms with E-state index in [2.05, 4.69) is 48.0 Å². The lowest BCUT2D eigenvalue weighted by molar-refractivity contribution is -0.0546. The molecule has 10 heteroatoms. The molecule has 1 aliphatic heterocycles. The van der Waals surface area contributed by atoms with Crippen molar-refractivity contribution in [2.24, 2.45) is 0 Å². The molecule has 0 aromatic carbocycles. The fraction of sp³-hybridized carbons (Fsp3) is 0.750. The number of fused-ring (bicyclic) bond motifs is 1. The van der Waals surface area contributed by atoms with Gasteiger partial charge in [-0.3, -0.25) is 4.57 Å². The van der Waals surface area contributed by atoms with E-state index in [1.165, 1.54) is 14.0 Å². The van der Waals surface area contributed by atoms with Gasteiger partial charge in [0.2, 0.25) is 9.04 Å². The highest BCUT2D eigenvalue weighted by Crippen LogP contribution is 2.44. The number of hydrogen-bond acceptors (Lipinski definition) is 7. The molecule has 0 unspecified atom stereocenters. The summed E-state index contributed by atoms with van der Waals surface area (Å²) in [5, 5.41) is 3.02. The van der Waals surface area contributed by atoms with Gasteiger partial charge in [-0.15, -0.1) is 0 Å². The Kier molecular flexibility index (Phi) is 6.80. The first kappa shape index (κ1) is 23.0. The van der Waals surface area contributed by atoms with Gasteiger partial charge in [-0.25, -0.2) is 19.3 Å². The molecule has 0 amide bonds. The van der Waals surface area contributed by atoms with Crippen LogP contribution >= 0.6 is 0 Å². The molecule has 2 aromatic heterocycles. The van der Waals surface area contributed by atoms with E-state index in [0.29, 0.717) is 40.5 Å². The molecule has 0 spiro atoms. The van der Waals surface area contributed by atoms with Crippen molar-refractivity contribution in [2.75, 3.05) is 26.1 Å². The first-order valence-electron chi connectivity index (χ1n) is 10.4. The number of ether oxygens (including phenoxy) is 2. The molecular weight excluding hydrogens is 405 g/mol. The van der Waals surface area contributed by atoms with Crippen LogP contribution < -0.4 is 5.32 Å². The zero-order valence-electron chi connectivity index (χ0n) is 19.1. The molecule has 0 bridgehead atoms. The van der Waals surface area contributed by atoms with E-state index in [-0.39, 0.29) is 0 Å². The average molecular weight is 439 g/mol. The van der Waals surface area contributed by atoms with Gasteiger partial charge in [-0.05, 0) is 24.9 Å². The van der Waals surface area contributed by atoms with E-state index >= 15 is 4.39 Å². The molecule has 4 atom stereocenters. The highest BCUT2D eigenvalue weighted by atomic mass is 28.3. The number of alkyl halides is 1. The molecule has 167 valence electrons. The molecule has 1 radical (unpaired) electrons. The summed E-state index contributed by atoms with van der Waals surface area (Å²) < 4.78 is 35.6. The second-order valence-electron chi connectivity index (χ2n) is 8.55. The Bertz CT molecular complexity index is 867. The van der Waals surface area contributed by atoms with E-state index in [4.69, 9.17) is 13.9 Å². The largest absolute Gasteiger partial charge is 0.413 e. The summed E-state index contributed by atoms with van der Waals surface area (Å²) in [6.45, 7) is 12.2. The first-order valence-corrected chi connectivity index (χ1v) is 11.9. The third kappa shape index (κ3) is 4.10. The van der Waals surface area contributed by atoms with Crippen LogP contribution in [0.15, 0.2) is 6.33 Å². The number of halogens is 1. The van der Waals surface area contributed by atoms with E-state index in [1.807, 2.05) is 0 Å². The van der Waals surface area contributed by atoms with Crippen molar-refractivity contribution >= 4 is 26.0 Å². The van der Waals surface area contributed by atoms with Crippen molar-refractivity contribution in [2.45, 2.75) is 76.7 Å². The van der Waals surface area contributed by atoms with Crippen LogP contribution in [0.5, 0.6) is 0 Å². The molecule has 0 saturated carbocycles. The van der Waals surface area contributed by atoms with Crippen LogP contribution in [0.4, 0.5) is 10.2 Å². The van der Waals surface area contributed by atoms with Gasteiger partial charge in [0, 0.05) is 14.2 Å². The number of imidazole rings is 1. The minimum Gasteiger partial charge on any atom is -0.413 e. The van der Waals surface area contributed by atoms with Gasteiger partial charge in [0.25, 0.3) is 0 Å². The smallest absolute Gasteiger partial charge is 0.216 e. The van der Waals surface area contributed by atoms with Crippen molar-refractivity contribution in [3.63, 3.8) is 0 Å². The lowest BCUT2D eigenvalue weighted by atomic mass is 9.98. The summed E-state index contributed by atoms with van der Waals surface area (Å²) in [5.41, 5.74) is 0.189. The highest BCUT2D eigenvalue weighted by molar-refractivity contribution is 6.54. The Balaban J connectivity index is 1.91. The lowest BCUT2D eigenvalue weighted by Gasteiger charge is -2.28. The summed E-state index contributed by atoms with van der Waals surface area (Å²) in [7, 11) is 2.22. The third-order valence-electron chi connectivity index (χ3n) is 5.51. The Morgan fingerprint density at radius 1 is 1.30 bits per heavy atom. The van der Waals surface area contributed by atoms with Crippen molar-refractivity contribution in [3.05, 3.63) is 12.2 Å². The van der Waals surface area contributed by atoms with E-state index < -0.39 is 33.1 Å². The van der Waals surface area contributed by atoms with Crippen molar-refractivity contribution < 1.29 is 18.3 Å². The SMILES string of the molecule is CNc1nc(C)nc2c1ncn2[C@@H]1O[C@H](CO[Si](C(C)C)C(C)C)[C@@H](OC)[C@@]1(C)F. The molecule has 3 rings (SSSR count). The topological polar surface area (TPSA) is 83.3 Å². The van der Waals surface area contributed by atoms with Crippen LogP contribution in [-0.4, -0.2) is 67.2 Å². The molecule has 1 saturated heterocycles. The van der Waals surface area contributed by atoms with Gasteiger partial charge >= 0.3 is 0 Å². The van der Waals surface area contributed by atoms with Crippen LogP contribution in [0.3, 0.4) is 0 Å². The van der Waals surface area contributed by atoms with Crippen LogP contribution in [-0.2, 0) is 13.9 Å². The van der Waals surface area contributed by atoms with E-state index in [1.54, 1.807) is 24.9 Å². The second kappa shape index (κ2) is 8.86. The minimum absolute atomic E-state index is 0.293. The fourth-order valence-corrected chi connectivity index (χ4v) is 6.63. The standard InChI is InChI=1S/C20H33FN5O3Si/c1-11(2)30(12(3)4)28-9-14-16(27-8)20(6,21)19(29-14)26-10-23-15-17(22-7)24-13(5)25-18(15)26/h10-12,14,16,19H,9H2,1-8H3,(H,22,24,25)/t14-,16-,19-,20-/m1/s1. The molecule has 1 aliphatic rings. The number of nitrogens with one attached hydrogen (secondary N) is 1. The van der Waals surface area contributed by atoms with Gasteiger partial charge in [0.05, 0.1) is 12.9 Å². The van der Waals surface area contributed by atoms with Gasteiger partial charge in [-0.2, -0.15) is 0 Å². The molecule has 1 N–H and O–H groups in total. The maximum atomic E-state index is 16.0. The minimum atomic E-state index is -1.79. The Labute approximate surface area is 179 Å². The number of aromatic nitrogens is 4. The zero-order chi connectivity index (χ0) is 22.2. The average Bonchev–Trinajstić information content (AvgIpc) is 3.17. The van der Waals surface area contributed by atoms with Crippen molar-refractivity contribution in [1.29, 1.82) is 0 Å². The Hall–Kier alpha value is -1.62. The number of hydrogen-bond donors (Lipinski definition) is 1. The van der Waals surface area contributed by atoms with Crippen molar-refractivity contribution in [1.82, 2.24) is 19.5 Å². The van der Waals surface area contributed by atoms with Gasteiger partial charge in [0.15, 0.2) is 28.9 Å². The quantitative estimate of drug-likeness (QED) is 0.630.